The molecule has 1 amide bonds. The molecule has 1 unspecified atom stereocenters. The van der Waals surface area contributed by atoms with Crippen LogP contribution in [0.25, 0.3) is 9.88 Å². The molecule has 0 spiro atoms. The first-order valence-electron chi connectivity index (χ1n) is 6.70. The van der Waals surface area contributed by atoms with Gasteiger partial charge < -0.3 is 10.4 Å². The zero-order chi connectivity index (χ0) is 15.4. The van der Waals surface area contributed by atoms with E-state index in [1.165, 1.54) is 22.7 Å². The zero-order valence-corrected chi connectivity index (χ0v) is 14.2. The maximum atomic E-state index is 12.1. The lowest BCUT2D eigenvalue weighted by Gasteiger charge is -2.08. The van der Waals surface area contributed by atoms with Crippen LogP contribution >= 0.6 is 34.3 Å². The van der Waals surface area contributed by atoms with Crippen molar-refractivity contribution in [1.29, 1.82) is 0 Å². The molecule has 114 valence electrons. The predicted molar refractivity (Wildman–Crippen MR) is 88.4 cm³/mol. The first-order valence-corrected chi connectivity index (χ1v) is 8.71. The largest absolute Gasteiger partial charge is 0.393 e. The van der Waals surface area contributed by atoms with Crippen molar-refractivity contribution in [3.63, 3.8) is 0 Å². The number of aliphatic hydroxyl groups excluding tert-OH is 1. The van der Waals surface area contributed by atoms with E-state index in [1.54, 1.807) is 0 Å². The average Bonchev–Trinajstić information content (AvgIpc) is 3.04. The quantitative estimate of drug-likeness (QED) is 0.839. The molecule has 0 saturated heterocycles. The highest BCUT2D eigenvalue weighted by Gasteiger charge is 2.17. The third-order valence-electron chi connectivity index (χ3n) is 3.02. The van der Waals surface area contributed by atoms with Gasteiger partial charge in [-0.2, -0.15) is 0 Å². The van der Waals surface area contributed by atoms with Crippen LogP contribution in [0.4, 0.5) is 0 Å². The van der Waals surface area contributed by atoms with Gasteiger partial charge in [0.15, 0.2) is 0 Å². The molecule has 0 bridgehead atoms. The first kappa shape index (κ1) is 16.4. The summed E-state index contributed by atoms with van der Waals surface area (Å²) in [4.78, 5) is 18.2. The molecule has 0 aliphatic carbocycles. The van der Waals surface area contributed by atoms with Gasteiger partial charge in [-0.15, -0.1) is 22.7 Å². The standard InChI is InChI=1S/C14H17ClN2O2S2/c1-3-9(18)6-7-16-13(19)12-8(2)17-14(21-12)10-4-5-11(15)20-10/h4-5,9,18H,3,6-7H2,1-2H3,(H,16,19). The smallest absolute Gasteiger partial charge is 0.263 e. The van der Waals surface area contributed by atoms with Gasteiger partial charge >= 0.3 is 0 Å². The molecule has 2 rings (SSSR count). The number of hydrogen-bond donors (Lipinski definition) is 2. The van der Waals surface area contributed by atoms with Gasteiger partial charge in [0.05, 0.1) is 21.0 Å². The maximum absolute atomic E-state index is 12.1. The van der Waals surface area contributed by atoms with Crippen LogP contribution in [-0.4, -0.2) is 28.6 Å². The van der Waals surface area contributed by atoms with Crippen molar-refractivity contribution in [2.45, 2.75) is 32.8 Å². The van der Waals surface area contributed by atoms with E-state index in [9.17, 15) is 9.90 Å². The molecule has 1 atom stereocenters. The number of nitrogens with zero attached hydrogens (tertiary/aromatic N) is 1. The number of aromatic nitrogens is 1. The highest BCUT2D eigenvalue weighted by Crippen LogP contribution is 2.34. The number of amides is 1. The van der Waals surface area contributed by atoms with E-state index in [4.69, 9.17) is 11.6 Å². The summed E-state index contributed by atoms with van der Waals surface area (Å²) in [6.45, 7) is 4.20. The molecule has 0 aliphatic heterocycles. The second kappa shape index (κ2) is 7.35. The minimum atomic E-state index is -0.364. The summed E-state index contributed by atoms with van der Waals surface area (Å²) in [6, 6.07) is 3.73. The van der Waals surface area contributed by atoms with E-state index in [-0.39, 0.29) is 12.0 Å². The van der Waals surface area contributed by atoms with Crippen LogP contribution in [0, 0.1) is 6.92 Å². The molecule has 0 saturated carbocycles. The predicted octanol–water partition coefficient (Wildman–Crippen LogP) is 3.72. The van der Waals surface area contributed by atoms with Gasteiger partial charge in [0.25, 0.3) is 5.91 Å². The van der Waals surface area contributed by atoms with Crippen LogP contribution in [0.1, 0.15) is 35.1 Å². The van der Waals surface area contributed by atoms with Gasteiger partial charge in [-0.3, -0.25) is 4.79 Å². The number of nitrogens with one attached hydrogen (secondary N) is 1. The summed E-state index contributed by atoms with van der Waals surface area (Å²) in [6.07, 6.45) is 0.892. The Balaban J connectivity index is 2.03. The topological polar surface area (TPSA) is 62.2 Å². The van der Waals surface area contributed by atoms with Crippen LogP contribution in [0.2, 0.25) is 4.34 Å². The Labute approximate surface area is 136 Å². The Kier molecular flexibility index (Phi) is 5.75. The van der Waals surface area contributed by atoms with Crippen molar-refractivity contribution >= 4 is 40.2 Å². The third-order valence-corrected chi connectivity index (χ3v) is 5.58. The number of carbonyl (C=O) groups is 1. The van der Waals surface area contributed by atoms with Gasteiger partial charge in [0.2, 0.25) is 0 Å². The van der Waals surface area contributed by atoms with Gasteiger partial charge in [0.1, 0.15) is 9.88 Å². The molecular weight excluding hydrogens is 328 g/mol. The van der Waals surface area contributed by atoms with Crippen molar-refractivity contribution < 1.29 is 9.90 Å². The van der Waals surface area contributed by atoms with E-state index in [1.807, 2.05) is 26.0 Å². The average molecular weight is 345 g/mol. The Morgan fingerprint density at radius 3 is 2.86 bits per heavy atom. The highest BCUT2D eigenvalue weighted by molar-refractivity contribution is 7.24. The number of aliphatic hydroxyl groups is 1. The van der Waals surface area contributed by atoms with Crippen LogP contribution in [0.3, 0.4) is 0 Å². The van der Waals surface area contributed by atoms with E-state index in [2.05, 4.69) is 10.3 Å². The fourth-order valence-electron chi connectivity index (χ4n) is 1.78. The number of thiazole rings is 1. The second-order valence-electron chi connectivity index (χ2n) is 4.64. The molecule has 4 nitrogen and oxygen atoms in total. The number of thiophene rings is 1. The van der Waals surface area contributed by atoms with E-state index in [0.717, 1.165) is 9.88 Å². The summed E-state index contributed by atoms with van der Waals surface area (Å²) in [5.74, 6) is -0.137. The van der Waals surface area contributed by atoms with Gasteiger partial charge in [0, 0.05) is 6.54 Å². The second-order valence-corrected chi connectivity index (χ2v) is 7.36. The third kappa shape index (κ3) is 4.26. The fraction of sp³-hybridized carbons (Fsp3) is 0.429. The summed E-state index contributed by atoms with van der Waals surface area (Å²) >= 11 is 8.74. The number of hydrogen-bond acceptors (Lipinski definition) is 5. The molecule has 0 aromatic carbocycles. The molecular formula is C14H17ClN2O2S2. The normalized spacial score (nSPS) is 12.4. The number of halogens is 1. The highest BCUT2D eigenvalue weighted by atomic mass is 35.5. The Hall–Kier alpha value is -0.950. The van der Waals surface area contributed by atoms with E-state index < -0.39 is 0 Å². The molecule has 21 heavy (non-hydrogen) atoms. The SMILES string of the molecule is CCC(O)CCNC(=O)c1sc(-c2ccc(Cl)s2)nc1C. The van der Waals surface area contributed by atoms with Crippen LogP contribution in [0.5, 0.6) is 0 Å². The molecule has 2 N–H and O–H groups in total. The van der Waals surface area contributed by atoms with Crippen LogP contribution in [0.15, 0.2) is 12.1 Å². The summed E-state index contributed by atoms with van der Waals surface area (Å²) in [7, 11) is 0. The summed E-state index contributed by atoms with van der Waals surface area (Å²) in [5.41, 5.74) is 0.716. The fourth-order valence-corrected chi connectivity index (χ4v) is 3.86. The lowest BCUT2D eigenvalue weighted by Crippen LogP contribution is -2.26. The Morgan fingerprint density at radius 2 is 2.24 bits per heavy atom. The molecule has 0 fully saturated rings. The monoisotopic (exact) mass is 344 g/mol. The van der Waals surface area contributed by atoms with E-state index in [0.29, 0.717) is 34.3 Å². The Bertz CT molecular complexity index is 624. The van der Waals surface area contributed by atoms with Gasteiger partial charge in [-0.1, -0.05) is 18.5 Å². The summed E-state index contributed by atoms with van der Waals surface area (Å²) in [5, 5.41) is 13.1. The molecule has 2 aromatic rings. The Morgan fingerprint density at radius 1 is 1.48 bits per heavy atom. The number of rotatable bonds is 6. The minimum absolute atomic E-state index is 0.137. The van der Waals surface area contributed by atoms with Crippen molar-refractivity contribution in [1.82, 2.24) is 10.3 Å². The molecule has 2 heterocycles. The van der Waals surface area contributed by atoms with E-state index >= 15 is 0 Å². The minimum Gasteiger partial charge on any atom is -0.393 e. The lowest BCUT2D eigenvalue weighted by molar-refractivity contribution is 0.0945. The number of carbonyl (C=O) groups excluding carboxylic acids is 1. The van der Waals surface area contributed by atoms with Crippen molar-refractivity contribution in [2.75, 3.05) is 6.54 Å². The maximum Gasteiger partial charge on any atom is 0.263 e. The molecule has 7 heteroatoms. The number of aryl methyl sites for hydroxylation is 1. The van der Waals surface area contributed by atoms with Crippen LogP contribution in [-0.2, 0) is 0 Å². The lowest BCUT2D eigenvalue weighted by atomic mass is 10.2. The van der Waals surface area contributed by atoms with Crippen molar-refractivity contribution in [2.24, 2.45) is 0 Å². The molecule has 2 aromatic heterocycles. The van der Waals surface area contributed by atoms with Gasteiger partial charge in [-0.25, -0.2) is 4.98 Å². The van der Waals surface area contributed by atoms with Crippen LogP contribution < -0.4 is 5.32 Å². The summed E-state index contributed by atoms with van der Waals surface area (Å²) < 4.78 is 0.706. The molecule has 0 radical (unpaired) electrons. The van der Waals surface area contributed by atoms with Crippen molar-refractivity contribution in [3.8, 4) is 9.88 Å². The first-order chi connectivity index (χ1) is 10.0. The van der Waals surface area contributed by atoms with Crippen molar-refractivity contribution in [3.05, 3.63) is 27.0 Å². The molecule has 0 aliphatic rings. The van der Waals surface area contributed by atoms with Gasteiger partial charge in [-0.05, 0) is 31.9 Å². The zero-order valence-electron chi connectivity index (χ0n) is 11.9.